The molecule has 2 rings (SSSR count). The molecule has 1 aliphatic rings. The molecule has 102 valence electrons. The lowest BCUT2D eigenvalue weighted by atomic mass is 10.0. The third-order valence-electron chi connectivity index (χ3n) is 4.00. The quantitative estimate of drug-likeness (QED) is 0.735. The summed E-state index contributed by atoms with van der Waals surface area (Å²) in [5.74, 6) is 0. The van der Waals surface area contributed by atoms with Crippen molar-refractivity contribution in [3.63, 3.8) is 0 Å². The van der Waals surface area contributed by atoms with E-state index >= 15 is 0 Å². The first-order chi connectivity index (χ1) is 9.00. The fraction of sp³-hybridized carbons (Fsp3) is 0.562. The van der Waals surface area contributed by atoms with E-state index in [2.05, 4.69) is 0 Å². The molecule has 0 radical (unpaired) electrons. The second-order valence-electron chi connectivity index (χ2n) is 5.70. The van der Waals surface area contributed by atoms with Crippen LogP contribution >= 0.6 is 7.80 Å². The fourth-order valence-electron chi connectivity index (χ4n) is 3.11. The molecule has 0 heterocycles. The van der Waals surface area contributed by atoms with Gasteiger partial charge in [-0.15, -0.1) is 0 Å². The van der Waals surface area contributed by atoms with Gasteiger partial charge in [0.05, 0.1) is 5.56 Å². The van der Waals surface area contributed by atoms with Crippen molar-refractivity contribution >= 4 is 13.3 Å². The standard InChI is InChI=1S/C16H22O2P/c1-11-9-12(2)15(13(3)10-11)16(17)19(18)14-7-5-4-6-8-14/h9-10,14H,4-8H2,1-3H3/q+1. The van der Waals surface area contributed by atoms with Gasteiger partial charge in [0, 0.05) is 0 Å². The van der Waals surface area contributed by atoms with Crippen LogP contribution in [0.5, 0.6) is 0 Å². The summed E-state index contributed by atoms with van der Waals surface area (Å²) in [7, 11) is -1.77. The Balaban J connectivity index is 2.26. The molecule has 2 nitrogen and oxygen atoms in total. The lowest BCUT2D eigenvalue weighted by Gasteiger charge is -2.13. The summed E-state index contributed by atoms with van der Waals surface area (Å²) in [4.78, 5) is 12.5. The Kier molecular flexibility index (Phi) is 4.52. The minimum atomic E-state index is -1.77. The Morgan fingerprint density at radius 2 is 1.58 bits per heavy atom. The van der Waals surface area contributed by atoms with Gasteiger partial charge in [0.1, 0.15) is 0 Å². The van der Waals surface area contributed by atoms with Crippen LogP contribution in [0, 0.1) is 20.8 Å². The molecule has 1 aromatic carbocycles. The number of carbonyl (C=O) groups is 1. The maximum atomic E-state index is 12.5. The van der Waals surface area contributed by atoms with E-state index in [9.17, 15) is 9.36 Å². The Morgan fingerprint density at radius 1 is 1.05 bits per heavy atom. The molecule has 1 aliphatic carbocycles. The van der Waals surface area contributed by atoms with Crippen molar-refractivity contribution in [3.8, 4) is 0 Å². The van der Waals surface area contributed by atoms with E-state index in [1.165, 1.54) is 6.42 Å². The molecule has 3 heteroatoms. The van der Waals surface area contributed by atoms with Crippen LogP contribution in [0.15, 0.2) is 12.1 Å². The number of aryl methyl sites for hydroxylation is 3. The molecule has 19 heavy (non-hydrogen) atoms. The van der Waals surface area contributed by atoms with Crippen molar-refractivity contribution in [2.24, 2.45) is 0 Å². The molecule has 0 N–H and O–H groups in total. The van der Waals surface area contributed by atoms with E-state index < -0.39 is 7.80 Å². The summed E-state index contributed by atoms with van der Waals surface area (Å²) in [6.07, 6.45) is 5.35. The molecule has 0 aliphatic heterocycles. The normalized spacial score (nSPS) is 17.3. The molecule has 1 atom stereocenters. The highest BCUT2D eigenvalue weighted by Crippen LogP contribution is 2.42. The van der Waals surface area contributed by atoms with Crippen LogP contribution in [-0.4, -0.2) is 11.2 Å². The summed E-state index contributed by atoms with van der Waals surface area (Å²) in [6.45, 7) is 5.91. The van der Waals surface area contributed by atoms with Gasteiger partial charge in [-0.1, -0.05) is 28.7 Å². The summed E-state index contributed by atoms with van der Waals surface area (Å²) < 4.78 is 12.5. The minimum absolute atomic E-state index is 0.108. The van der Waals surface area contributed by atoms with Crippen molar-refractivity contribution in [1.82, 2.24) is 0 Å². The average molecular weight is 277 g/mol. The van der Waals surface area contributed by atoms with E-state index in [0.29, 0.717) is 5.56 Å². The van der Waals surface area contributed by atoms with Crippen molar-refractivity contribution in [2.45, 2.75) is 58.5 Å². The molecule has 1 fully saturated rings. The maximum absolute atomic E-state index is 12.5. The number of carbonyl (C=O) groups excluding carboxylic acids is 1. The molecular weight excluding hydrogens is 255 g/mol. The van der Waals surface area contributed by atoms with Gasteiger partial charge in [0.25, 0.3) is 0 Å². The average Bonchev–Trinajstić information content (AvgIpc) is 2.37. The summed E-state index contributed by atoms with van der Waals surface area (Å²) >= 11 is 0. The third kappa shape index (κ3) is 3.12. The zero-order valence-corrected chi connectivity index (χ0v) is 12.9. The van der Waals surface area contributed by atoms with Gasteiger partial charge >= 0.3 is 13.3 Å². The van der Waals surface area contributed by atoms with Gasteiger partial charge in [0.2, 0.25) is 0 Å². The molecule has 0 amide bonds. The van der Waals surface area contributed by atoms with Gasteiger partial charge in [-0.05, 0) is 57.6 Å². The molecule has 0 bridgehead atoms. The Hall–Kier alpha value is -1.01. The van der Waals surface area contributed by atoms with Crippen LogP contribution in [0.1, 0.15) is 59.2 Å². The molecule has 1 saturated carbocycles. The lowest BCUT2D eigenvalue weighted by molar-refractivity contribution is 0.107. The molecule has 0 spiro atoms. The van der Waals surface area contributed by atoms with Gasteiger partial charge in [0.15, 0.2) is 5.66 Å². The number of hydrogen-bond donors (Lipinski definition) is 0. The van der Waals surface area contributed by atoms with Crippen LogP contribution in [-0.2, 0) is 4.57 Å². The Bertz CT molecular complexity index is 490. The van der Waals surface area contributed by atoms with Crippen molar-refractivity contribution in [3.05, 3.63) is 34.4 Å². The Morgan fingerprint density at radius 3 is 2.11 bits per heavy atom. The number of rotatable bonds is 3. The van der Waals surface area contributed by atoms with Crippen LogP contribution in [0.3, 0.4) is 0 Å². The summed E-state index contributed by atoms with van der Waals surface area (Å²) in [5, 5.41) is 0. The van der Waals surface area contributed by atoms with Gasteiger partial charge < -0.3 is 0 Å². The molecule has 0 aromatic heterocycles. The smallest absolute Gasteiger partial charge is 0.234 e. The van der Waals surface area contributed by atoms with E-state index in [1.807, 2.05) is 32.9 Å². The van der Waals surface area contributed by atoms with Crippen LogP contribution in [0.2, 0.25) is 0 Å². The van der Waals surface area contributed by atoms with Crippen molar-refractivity contribution in [1.29, 1.82) is 0 Å². The molecular formula is C16H22O2P+. The molecule has 0 saturated heterocycles. The second kappa shape index (κ2) is 5.96. The highest BCUT2D eigenvalue weighted by molar-refractivity contribution is 7.65. The predicted molar refractivity (Wildman–Crippen MR) is 79.5 cm³/mol. The number of benzene rings is 1. The van der Waals surface area contributed by atoms with Crippen molar-refractivity contribution in [2.75, 3.05) is 0 Å². The first-order valence-corrected chi connectivity index (χ1v) is 8.42. The maximum Gasteiger partial charge on any atom is 0.423 e. The number of hydrogen-bond acceptors (Lipinski definition) is 2. The zero-order valence-electron chi connectivity index (χ0n) is 12.0. The first kappa shape index (κ1) is 14.4. The second-order valence-corrected chi connectivity index (χ2v) is 7.48. The highest BCUT2D eigenvalue weighted by Gasteiger charge is 2.40. The predicted octanol–water partition coefficient (Wildman–Crippen LogP) is 4.91. The first-order valence-electron chi connectivity index (χ1n) is 7.09. The topological polar surface area (TPSA) is 34.1 Å². The fourth-order valence-corrected chi connectivity index (χ4v) is 4.85. The SMILES string of the molecule is Cc1cc(C)c(C(=O)[P+](=O)C2CCCCC2)c(C)c1. The van der Waals surface area contributed by atoms with Gasteiger partial charge in [-0.2, -0.15) is 0 Å². The van der Waals surface area contributed by atoms with E-state index in [0.717, 1.165) is 42.4 Å². The lowest BCUT2D eigenvalue weighted by Crippen LogP contribution is -2.13. The summed E-state index contributed by atoms with van der Waals surface area (Å²) in [6, 6.07) is 4.01. The Labute approximate surface area is 116 Å². The van der Waals surface area contributed by atoms with E-state index in [4.69, 9.17) is 0 Å². The monoisotopic (exact) mass is 277 g/mol. The van der Waals surface area contributed by atoms with E-state index in [1.54, 1.807) is 0 Å². The van der Waals surface area contributed by atoms with Gasteiger partial charge in [-0.25, -0.2) is 4.79 Å². The largest absolute Gasteiger partial charge is 0.423 e. The highest BCUT2D eigenvalue weighted by atomic mass is 31.1. The van der Waals surface area contributed by atoms with Crippen LogP contribution < -0.4 is 0 Å². The zero-order chi connectivity index (χ0) is 14.0. The summed E-state index contributed by atoms with van der Waals surface area (Å²) in [5.41, 5.74) is 3.74. The van der Waals surface area contributed by atoms with Crippen molar-refractivity contribution < 1.29 is 9.36 Å². The van der Waals surface area contributed by atoms with Crippen LogP contribution in [0.25, 0.3) is 0 Å². The van der Waals surface area contributed by atoms with Gasteiger partial charge in [-0.3, -0.25) is 0 Å². The molecule has 1 unspecified atom stereocenters. The minimum Gasteiger partial charge on any atom is -0.234 e. The third-order valence-corrected chi connectivity index (χ3v) is 5.80. The van der Waals surface area contributed by atoms with Crippen LogP contribution in [0.4, 0.5) is 0 Å². The van der Waals surface area contributed by atoms with E-state index in [-0.39, 0.29) is 11.2 Å². The molecule has 1 aromatic rings.